The van der Waals surface area contributed by atoms with Crippen LogP contribution in [-0.4, -0.2) is 42.4 Å². The number of hydrogen-bond donors (Lipinski definition) is 0. The third kappa shape index (κ3) is 5.75. The Morgan fingerprint density at radius 2 is 2.10 bits per heavy atom. The Kier molecular flexibility index (Phi) is 7.31. The van der Waals surface area contributed by atoms with Crippen LogP contribution in [0.1, 0.15) is 40.0 Å². The first-order valence-corrected chi connectivity index (χ1v) is 11.2. The largest absolute Gasteiger partial charge is 0.460 e. The van der Waals surface area contributed by atoms with Crippen molar-refractivity contribution in [1.82, 2.24) is 4.98 Å². The maximum Gasteiger partial charge on any atom is 0.308 e. The fourth-order valence-corrected chi connectivity index (χ4v) is 4.29. The second-order valence-corrected chi connectivity index (χ2v) is 9.76. The van der Waals surface area contributed by atoms with E-state index < -0.39 is 5.60 Å². The van der Waals surface area contributed by atoms with E-state index in [2.05, 4.69) is 20.8 Å². The number of rotatable bonds is 6. The van der Waals surface area contributed by atoms with Gasteiger partial charge in [-0.1, -0.05) is 29.3 Å². The van der Waals surface area contributed by atoms with E-state index in [9.17, 15) is 4.79 Å². The van der Waals surface area contributed by atoms with Gasteiger partial charge in [0.1, 0.15) is 11.4 Å². The van der Waals surface area contributed by atoms with Crippen LogP contribution in [0.25, 0.3) is 10.9 Å². The Hall–Kier alpha value is -1.08. The van der Waals surface area contributed by atoms with Crippen LogP contribution in [0, 0.1) is 0 Å². The first-order valence-electron chi connectivity index (χ1n) is 9.66. The van der Waals surface area contributed by atoms with Gasteiger partial charge in [-0.25, -0.2) is 4.98 Å². The van der Waals surface area contributed by atoms with Crippen molar-refractivity contribution < 1.29 is 14.3 Å². The summed E-state index contributed by atoms with van der Waals surface area (Å²) < 4.78 is 12.0. The lowest BCUT2D eigenvalue weighted by Crippen LogP contribution is -2.34. The van der Waals surface area contributed by atoms with Crippen LogP contribution in [-0.2, 0) is 14.3 Å². The smallest absolute Gasteiger partial charge is 0.308 e. The van der Waals surface area contributed by atoms with Crippen LogP contribution in [0.15, 0.2) is 22.7 Å². The molecule has 1 aliphatic heterocycles. The molecule has 0 amide bonds. The predicted octanol–water partition coefficient (Wildman–Crippen LogP) is 6.02. The molecule has 158 valence electrons. The van der Waals surface area contributed by atoms with Crippen molar-refractivity contribution in [1.29, 1.82) is 0 Å². The van der Waals surface area contributed by atoms with Crippen LogP contribution in [0.2, 0.25) is 10.0 Å². The minimum Gasteiger partial charge on any atom is -0.460 e. The van der Waals surface area contributed by atoms with E-state index in [1.54, 1.807) is 6.07 Å². The number of carbonyl (C=O) groups excluding carboxylic acids is 1. The highest BCUT2D eigenvalue weighted by atomic mass is 79.9. The lowest BCUT2D eigenvalue weighted by Gasteiger charge is -2.26. The zero-order valence-corrected chi connectivity index (χ0v) is 19.9. The van der Waals surface area contributed by atoms with Crippen LogP contribution in [0.4, 0.5) is 5.82 Å². The molecule has 0 unspecified atom stereocenters. The van der Waals surface area contributed by atoms with Gasteiger partial charge in [-0.3, -0.25) is 4.79 Å². The van der Waals surface area contributed by atoms with E-state index in [1.165, 1.54) is 0 Å². The molecule has 1 aromatic carbocycles. The van der Waals surface area contributed by atoms with E-state index in [-0.39, 0.29) is 18.4 Å². The highest BCUT2D eigenvalue weighted by Crippen LogP contribution is 2.36. The molecule has 5 nitrogen and oxygen atoms in total. The molecule has 0 spiro atoms. The number of ether oxygens (including phenoxy) is 2. The van der Waals surface area contributed by atoms with Crippen molar-refractivity contribution in [3.8, 4) is 0 Å². The third-order valence-electron chi connectivity index (χ3n) is 4.66. The van der Waals surface area contributed by atoms with Gasteiger partial charge in [0.05, 0.1) is 41.2 Å². The molecule has 0 N–H and O–H groups in total. The van der Waals surface area contributed by atoms with E-state index in [0.717, 1.165) is 35.1 Å². The molecule has 2 heterocycles. The summed E-state index contributed by atoms with van der Waals surface area (Å²) in [6.07, 6.45) is 2.31. The van der Waals surface area contributed by atoms with Crippen molar-refractivity contribution in [3.63, 3.8) is 0 Å². The molecule has 0 aliphatic carbocycles. The predicted molar refractivity (Wildman–Crippen MR) is 121 cm³/mol. The molecule has 1 aromatic heterocycles. The molecule has 0 saturated carbocycles. The monoisotopic (exact) mass is 502 g/mol. The van der Waals surface area contributed by atoms with Crippen molar-refractivity contribution in [2.24, 2.45) is 0 Å². The lowest BCUT2D eigenvalue weighted by molar-refractivity contribution is -0.156. The summed E-state index contributed by atoms with van der Waals surface area (Å²) in [4.78, 5) is 18.8. The van der Waals surface area contributed by atoms with Crippen LogP contribution < -0.4 is 4.90 Å². The molecule has 1 fully saturated rings. The van der Waals surface area contributed by atoms with Gasteiger partial charge in [0.15, 0.2) is 0 Å². The van der Waals surface area contributed by atoms with Gasteiger partial charge in [0, 0.05) is 16.4 Å². The van der Waals surface area contributed by atoms with E-state index in [1.807, 2.05) is 32.9 Å². The van der Waals surface area contributed by atoms with Crippen LogP contribution >= 0.6 is 39.1 Å². The number of fused-ring (bicyclic) bond motifs is 1. The molecule has 2 aromatic rings. The fourth-order valence-electron chi connectivity index (χ4n) is 3.41. The van der Waals surface area contributed by atoms with E-state index in [0.29, 0.717) is 28.8 Å². The normalized spacial score (nSPS) is 17.2. The van der Waals surface area contributed by atoms with Gasteiger partial charge in [0.2, 0.25) is 0 Å². The number of aromatic nitrogens is 1. The molecule has 1 aliphatic rings. The maximum absolute atomic E-state index is 11.8. The zero-order chi connectivity index (χ0) is 21.2. The van der Waals surface area contributed by atoms with Crippen molar-refractivity contribution in [2.75, 3.05) is 24.7 Å². The van der Waals surface area contributed by atoms with Gasteiger partial charge in [-0.2, -0.15) is 0 Å². The Morgan fingerprint density at radius 1 is 1.34 bits per heavy atom. The number of benzene rings is 1. The van der Waals surface area contributed by atoms with Gasteiger partial charge in [-0.15, -0.1) is 0 Å². The molecule has 3 rings (SSSR count). The zero-order valence-electron chi connectivity index (χ0n) is 16.8. The highest BCUT2D eigenvalue weighted by molar-refractivity contribution is 9.10. The topological polar surface area (TPSA) is 51.7 Å². The quantitative estimate of drug-likeness (QED) is 0.356. The molecule has 8 heteroatoms. The Bertz CT molecular complexity index is 902. The lowest BCUT2D eigenvalue weighted by atomic mass is 10.2. The van der Waals surface area contributed by atoms with E-state index >= 15 is 0 Å². The summed E-state index contributed by atoms with van der Waals surface area (Å²) in [7, 11) is 0. The van der Waals surface area contributed by atoms with Gasteiger partial charge in [-0.05, 0) is 61.7 Å². The van der Waals surface area contributed by atoms with Crippen molar-refractivity contribution >= 4 is 61.8 Å². The molecule has 1 saturated heterocycles. The highest BCUT2D eigenvalue weighted by Gasteiger charge is 2.27. The maximum atomic E-state index is 11.8. The second kappa shape index (κ2) is 9.38. The average Bonchev–Trinajstić information content (AvgIpc) is 3.09. The second-order valence-electron chi connectivity index (χ2n) is 8.12. The average molecular weight is 504 g/mol. The minimum absolute atomic E-state index is 0.198. The van der Waals surface area contributed by atoms with Gasteiger partial charge >= 0.3 is 5.97 Å². The Labute approximate surface area is 189 Å². The molecule has 1 atom stereocenters. The van der Waals surface area contributed by atoms with Crippen LogP contribution in [0.3, 0.4) is 0 Å². The fraction of sp³-hybridized carbons (Fsp3) is 0.524. The summed E-state index contributed by atoms with van der Waals surface area (Å²) in [6.45, 7) is 7.34. The molecule has 0 bridgehead atoms. The number of anilines is 1. The van der Waals surface area contributed by atoms with Gasteiger partial charge < -0.3 is 14.4 Å². The molecule has 0 radical (unpaired) electrons. The van der Waals surface area contributed by atoms with Crippen molar-refractivity contribution in [2.45, 2.75) is 51.7 Å². The molecular formula is C21H25BrCl2N2O3. The Morgan fingerprint density at radius 3 is 2.83 bits per heavy atom. The first kappa shape index (κ1) is 22.6. The number of hydrogen-bond acceptors (Lipinski definition) is 5. The number of nitrogens with zero attached hydrogens (tertiary/aromatic N) is 2. The summed E-state index contributed by atoms with van der Waals surface area (Å²) in [5.74, 6) is 0.596. The number of carbonyl (C=O) groups is 1. The third-order valence-corrected chi connectivity index (χ3v) is 6.11. The number of halogens is 3. The summed E-state index contributed by atoms with van der Waals surface area (Å²) in [5, 5.41) is 1.86. The van der Waals surface area contributed by atoms with Crippen molar-refractivity contribution in [3.05, 3.63) is 32.7 Å². The molecule has 29 heavy (non-hydrogen) atoms. The van der Waals surface area contributed by atoms with Crippen LogP contribution in [0.5, 0.6) is 0 Å². The number of pyridine rings is 1. The standard InChI is InChI=1S/C21H25BrCl2N2O3/c1-21(2,3)29-18(27)8-10-28-12-13-5-4-9-26(13)17-11-15(22)14-6-7-16(23)19(24)20(14)25-17/h6-7,11,13H,4-5,8-10,12H2,1-3H3/t13-/m0/s1. The first-order chi connectivity index (χ1) is 13.7. The summed E-state index contributed by atoms with van der Waals surface area (Å²) in [5.41, 5.74) is 0.207. The summed E-state index contributed by atoms with van der Waals surface area (Å²) in [6, 6.07) is 5.88. The summed E-state index contributed by atoms with van der Waals surface area (Å²) >= 11 is 16.2. The SMILES string of the molecule is CC(C)(C)OC(=O)CCOC[C@@H]1CCCN1c1cc(Br)c2ccc(Cl)c(Cl)c2n1. The van der Waals surface area contributed by atoms with E-state index in [4.69, 9.17) is 37.7 Å². The van der Waals surface area contributed by atoms with Gasteiger partial charge in [0.25, 0.3) is 0 Å². The minimum atomic E-state index is -0.474. The molecular weight excluding hydrogens is 479 g/mol. The Balaban J connectivity index is 1.65. The number of esters is 1.